The van der Waals surface area contributed by atoms with Crippen molar-refractivity contribution in [3.8, 4) is 0 Å². The van der Waals surface area contributed by atoms with Gasteiger partial charge in [-0.3, -0.25) is 4.79 Å². The smallest absolute Gasteiger partial charge is 0.306 e. The van der Waals surface area contributed by atoms with Crippen LogP contribution in [0.2, 0.25) is 0 Å². The Hall–Kier alpha value is -0.180. The Bertz CT molecular complexity index is 103. The molecule has 3 heteroatoms. The maximum absolute atomic E-state index is 10.4. The van der Waals surface area contributed by atoms with Crippen molar-refractivity contribution in [2.45, 2.75) is 26.4 Å². The fraction of sp³-hybridized carbons (Fsp3) is 0.833. The molecule has 0 aliphatic carbocycles. The highest BCUT2D eigenvalue weighted by atomic mass is 32.1. The second-order valence-electron chi connectivity index (χ2n) is 1.83. The van der Waals surface area contributed by atoms with E-state index in [-0.39, 0.29) is 19.5 Å². The highest BCUT2D eigenvalue weighted by Crippen LogP contribution is 2.13. The van der Waals surface area contributed by atoms with E-state index in [0.29, 0.717) is 12.2 Å². The van der Waals surface area contributed by atoms with Gasteiger partial charge in [-0.25, -0.2) is 0 Å². The summed E-state index contributed by atoms with van der Waals surface area (Å²) in [6.07, 6.45) is 1.51. The molecule has 0 aromatic heterocycles. The number of carbonyl (C=O) groups excluding carboxylic acids is 1. The third-order valence-electron chi connectivity index (χ3n) is 1.17. The van der Waals surface area contributed by atoms with E-state index in [1.807, 2.05) is 0 Å². The molecule has 0 spiro atoms. The van der Waals surface area contributed by atoms with Crippen molar-refractivity contribution in [3.05, 3.63) is 0 Å². The number of carbonyl (C=O) groups is 1. The van der Waals surface area contributed by atoms with Crippen molar-refractivity contribution >= 4 is 18.6 Å². The zero-order chi connectivity index (χ0) is 5.98. The molecule has 1 atom stereocenters. The fourth-order valence-electron chi connectivity index (χ4n) is 0.711. The quantitative estimate of drug-likeness (QED) is 0.447. The number of rotatable bonds is 1. The molecule has 1 saturated heterocycles. The SMILES string of the molecule is C.O=C1CC[C@H](CS)O1. The van der Waals surface area contributed by atoms with Crippen molar-refractivity contribution in [2.75, 3.05) is 5.75 Å². The molecule has 0 bridgehead atoms. The van der Waals surface area contributed by atoms with Crippen LogP contribution in [-0.2, 0) is 9.53 Å². The summed E-state index contributed by atoms with van der Waals surface area (Å²) < 4.78 is 4.80. The molecular formula is C6H12O2S. The van der Waals surface area contributed by atoms with Crippen LogP contribution in [0.5, 0.6) is 0 Å². The zero-order valence-electron chi connectivity index (χ0n) is 4.46. The fourth-order valence-corrected chi connectivity index (χ4v) is 0.968. The third-order valence-corrected chi connectivity index (χ3v) is 1.58. The zero-order valence-corrected chi connectivity index (χ0v) is 5.36. The highest BCUT2D eigenvalue weighted by molar-refractivity contribution is 7.80. The van der Waals surface area contributed by atoms with Crippen LogP contribution >= 0.6 is 12.6 Å². The molecule has 0 aromatic rings. The number of hydrogen-bond acceptors (Lipinski definition) is 3. The van der Waals surface area contributed by atoms with E-state index in [1.54, 1.807) is 0 Å². The maximum Gasteiger partial charge on any atom is 0.306 e. The van der Waals surface area contributed by atoms with E-state index in [9.17, 15) is 4.79 Å². The first-order valence-corrected chi connectivity index (χ1v) is 3.26. The molecule has 0 unspecified atom stereocenters. The van der Waals surface area contributed by atoms with Crippen molar-refractivity contribution in [3.63, 3.8) is 0 Å². The maximum atomic E-state index is 10.4. The molecule has 2 nitrogen and oxygen atoms in total. The minimum Gasteiger partial charge on any atom is -0.461 e. The van der Waals surface area contributed by atoms with E-state index in [2.05, 4.69) is 12.6 Å². The number of hydrogen-bond donors (Lipinski definition) is 1. The molecule has 0 N–H and O–H groups in total. The van der Waals surface area contributed by atoms with Crippen LogP contribution in [0, 0.1) is 0 Å². The molecule has 9 heavy (non-hydrogen) atoms. The summed E-state index contributed by atoms with van der Waals surface area (Å²) in [5.74, 6) is 0.579. The Morgan fingerprint density at radius 2 is 2.44 bits per heavy atom. The first-order chi connectivity index (χ1) is 3.83. The lowest BCUT2D eigenvalue weighted by molar-refractivity contribution is -0.140. The van der Waals surface area contributed by atoms with Gasteiger partial charge >= 0.3 is 5.97 Å². The lowest BCUT2D eigenvalue weighted by atomic mass is 10.3. The monoisotopic (exact) mass is 148 g/mol. The van der Waals surface area contributed by atoms with Gasteiger partial charge in [0.2, 0.25) is 0 Å². The van der Waals surface area contributed by atoms with E-state index in [4.69, 9.17) is 4.74 Å². The van der Waals surface area contributed by atoms with Crippen LogP contribution in [0.15, 0.2) is 0 Å². The van der Waals surface area contributed by atoms with Gasteiger partial charge in [0, 0.05) is 12.2 Å². The minimum atomic E-state index is -0.0796. The van der Waals surface area contributed by atoms with Crippen molar-refractivity contribution in [1.29, 1.82) is 0 Å². The van der Waals surface area contributed by atoms with Crippen LogP contribution in [-0.4, -0.2) is 17.8 Å². The first kappa shape index (κ1) is 8.82. The van der Waals surface area contributed by atoms with Gasteiger partial charge in [-0.15, -0.1) is 0 Å². The van der Waals surface area contributed by atoms with Crippen LogP contribution in [0.1, 0.15) is 20.3 Å². The van der Waals surface area contributed by atoms with Crippen molar-refractivity contribution < 1.29 is 9.53 Å². The van der Waals surface area contributed by atoms with Crippen molar-refractivity contribution in [1.82, 2.24) is 0 Å². The van der Waals surface area contributed by atoms with Crippen LogP contribution in [0.25, 0.3) is 0 Å². The van der Waals surface area contributed by atoms with Gasteiger partial charge in [0.25, 0.3) is 0 Å². The van der Waals surface area contributed by atoms with E-state index < -0.39 is 0 Å². The highest BCUT2D eigenvalue weighted by Gasteiger charge is 2.20. The van der Waals surface area contributed by atoms with Gasteiger partial charge in [0.05, 0.1) is 0 Å². The predicted octanol–water partition coefficient (Wildman–Crippen LogP) is 1.26. The van der Waals surface area contributed by atoms with Crippen molar-refractivity contribution in [2.24, 2.45) is 0 Å². The molecule has 1 aliphatic heterocycles. The Morgan fingerprint density at radius 1 is 1.78 bits per heavy atom. The lowest BCUT2D eigenvalue weighted by Gasteiger charge is -2.01. The molecule has 1 heterocycles. The van der Waals surface area contributed by atoms with Gasteiger partial charge in [-0.1, -0.05) is 7.43 Å². The lowest BCUT2D eigenvalue weighted by Crippen LogP contribution is -2.07. The molecular weight excluding hydrogens is 136 g/mol. The molecule has 1 aliphatic rings. The second kappa shape index (κ2) is 3.77. The van der Waals surface area contributed by atoms with Crippen LogP contribution in [0.4, 0.5) is 0 Å². The Morgan fingerprint density at radius 3 is 2.67 bits per heavy atom. The summed E-state index contributed by atoms with van der Waals surface area (Å²) in [5, 5.41) is 0. The summed E-state index contributed by atoms with van der Waals surface area (Å²) in [7, 11) is 0. The Balaban J connectivity index is 0.000000640. The van der Waals surface area contributed by atoms with Gasteiger partial charge < -0.3 is 4.74 Å². The summed E-state index contributed by atoms with van der Waals surface area (Å²) in [6.45, 7) is 0. The van der Waals surface area contributed by atoms with E-state index >= 15 is 0 Å². The van der Waals surface area contributed by atoms with Gasteiger partial charge in [0.15, 0.2) is 0 Å². The summed E-state index contributed by atoms with van der Waals surface area (Å²) in [5.41, 5.74) is 0. The summed E-state index contributed by atoms with van der Waals surface area (Å²) in [6, 6.07) is 0. The third kappa shape index (κ3) is 2.26. The van der Waals surface area contributed by atoms with E-state index in [1.165, 1.54) is 0 Å². The molecule has 1 rings (SSSR count). The van der Waals surface area contributed by atoms with Gasteiger partial charge in [-0.05, 0) is 6.42 Å². The molecule has 0 radical (unpaired) electrons. The number of esters is 1. The second-order valence-corrected chi connectivity index (χ2v) is 2.20. The summed E-state index contributed by atoms with van der Waals surface area (Å²) in [4.78, 5) is 10.4. The van der Waals surface area contributed by atoms with Gasteiger partial charge in [-0.2, -0.15) is 12.6 Å². The largest absolute Gasteiger partial charge is 0.461 e. The minimum absolute atomic E-state index is 0. The van der Waals surface area contributed by atoms with E-state index in [0.717, 1.165) is 6.42 Å². The topological polar surface area (TPSA) is 26.3 Å². The Kier molecular flexibility index (Phi) is 3.70. The van der Waals surface area contributed by atoms with Crippen LogP contribution in [0.3, 0.4) is 0 Å². The average Bonchev–Trinajstić information content (AvgIpc) is 2.14. The molecule has 0 saturated carbocycles. The van der Waals surface area contributed by atoms with Gasteiger partial charge in [0.1, 0.15) is 6.10 Å². The molecule has 0 amide bonds. The number of cyclic esters (lactones) is 1. The normalized spacial score (nSPS) is 25.0. The first-order valence-electron chi connectivity index (χ1n) is 2.63. The standard InChI is InChI=1S/C5H8O2S.CH4/c6-5-2-1-4(3-8)7-5;/h4,8H,1-3H2;1H4/t4-;/m1./s1. The number of ether oxygens (including phenoxy) is 1. The summed E-state index contributed by atoms with van der Waals surface area (Å²) >= 11 is 3.98. The molecule has 1 fully saturated rings. The Labute approximate surface area is 61.0 Å². The average molecular weight is 148 g/mol. The molecule has 0 aromatic carbocycles. The predicted molar refractivity (Wildman–Crippen MR) is 39.7 cm³/mol. The number of thiol groups is 1. The molecule has 54 valence electrons. The van der Waals surface area contributed by atoms with Crippen LogP contribution < -0.4 is 0 Å².